The largest absolute Gasteiger partial charge is 0.332 e. The van der Waals surface area contributed by atoms with Gasteiger partial charge in [-0.2, -0.15) is 0 Å². The first-order valence-electron chi connectivity index (χ1n) is 8.40. The Labute approximate surface area is 150 Å². The Kier molecular flexibility index (Phi) is 3.96. The highest BCUT2D eigenvalue weighted by Crippen LogP contribution is 2.60. The van der Waals surface area contributed by atoms with Crippen LogP contribution in [-0.2, 0) is 4.79 Å². The Morgan fingerprint density at radius 3 is 2.09 bits per heavy atom. The summed E-state index contributed by atoms with van der Waals surface area (Å²) in [7, 11) is 0. The molecule has 0 heterocycles. The van der Waals surface area contributed by atoms with Crippen LogP contribution < -0.4 is 10.6 Å². The lowest BCUT2D eigenvalue weighted by atomic mass is 9.49. The van der Waals surface area contributed by atoms with Crippen molar-refractivity contribution < 1.29 is 4.79 Å². The zero-order chi connectivity index (χ0) is 16.0. The highest BCUT2D eigenvalue weighted by atomic mass is 79.9. The topological polar surface area (TPSA) is 41.1 Å². The van der Waals surface area contributed by atoms with Crippen LogP contribution in [0.4, 0.5) is 5.69 Å². The number of carbonyl (C=O) groups is 1. The molecule has 0 atom stereocenters. The third kappa shape index (κ3) is 3.05. The minimum atomic E-state index is -0.153. The van der Waals surface area contributed by atoms with E-state index in [4.69, 9.17) is 12.2 Å². The molecule has 3 nitrogen and oxygen atoms in total. The zero-order valence-electron chi connectivity index (χ0n) is 13.0. The molecule has 0 spiro atoms. The number of rotatable bonds is 2. The molecular formula is C18H21BrN2OS. The first-order chi connectivity index (χ1) is 11.0. The minimum absolute atomic E-state index is 0.145. The predicted octanol–water partition coefficient (Wildman–Crippen LogP) is 4.48. The van der Waals surface area contributed by atoms with Crippen LogP contribution in [0, 0.1) is 23.2 Å². The summed E-state index contributed by atoms with van der Waals surface area (Å²) in [6.45, 7) is 0. The second-order valence-corrected chi connectivity index (χ2v) is 8.94. The van der Waals surface area contributed by atoms with Crippen molar-refractivity contribution in [1.29, 1.82) is 0 Å². The van der Waals surface area contributed by atoms with E-state index in [0.717, 1.165) is 47.2 Å². The molecule has 5 rings (SSSR count). The van der Waals surface area contributed by atoms with Gasteiger partial charge in [-0.3, -0.25) is 4.79 Å². The van der Waals surface area contributed by atoms with Crippen molar-refractivity contribution >= 4 is 44.9 Å². The Hall–Kier alpha value is -0.940. The van der Waals surface area contributed by atoms with Crippen LogP contribution in [0.25, 0.3) is 0 Å². The van der Waals surface area contributed by atoms with Gasteiger partial charge < -0.3 is 10.6 Å². The van der Waals surface area contributed by atoms with Gasteiger partial charge in [0.2, 0.25) is 5.91 Å². The molecule has 122 valence electrons. The lowest BCUT2D eigenvalue weighted by Crippen LogP contribution is -2.55. The van der Waals surface area contributed by atoms with Crippen molar-refractivity contribution in [3.05, 3.63) is 28.7 Å². The van der Waals surface area contributed by atoms with Crippen molar-refractivity contribution in [2.24, 2.45) is 23.2 Å². The van der Waals surface area contributed by atoms with E-state index < -0.39 is 0 Å². The number of hydrogen-bond donors (Lipinski definition) is 2. The van der Waals surface area contributed by atoms with Gasteiger partial charge in [0.25, 0.3) is 0 Å². The van der Waals surface area contributed by atoms with E-state index in [2.05, 4.69) is 26.6 Å². The molecule has 1 aromatic carbocycles. The molecule has 0 radical (unpaired) electrons. The van der Waals surface area contributed by atoms with Crippen LogP contribution in [0.3, 0.4) is 0 Å². The number of amides is 1. The van der Waals surface area contributed by atoms with E-state index in [1.54, 1.807) is 0 Å². The number of thiocarbonyl (C=S) groups is 1. The van der Waals surface area contributed by atoms with Gasteiger partial charge in [-0.15, -0.1) is 0 Å². The van der Waals surface area contributed by atoms with E-state index in [9.17, 15) is 4.79 Å². The average Bonchev–Trinajstić information content (AvgIpc) is 2.48. The van der Waals surface area contributed by atoms with Gasteiger partial charge in [0.1, 0.15) is 0 Å². The SMILES string of the molecule is O=C(NC(=S)Nc1ccc(Br)cc1)C12CC3CC(CC(C3)C1)C2. The number of carbonyl (C=O) groups excluding carboxylic acids is 1. The summed E-state index contributed by atoms with van der Waals surface area (Å²) in [4.78, 5) is 12.9. The van der Waals surface area contributed by atoms with Gasteiger partial charge in [-0.1, -0.05) is 15.9 Å². The Morgan fingerprint density at radius 2 is 1.57 bits per heavy atom. The number of nitrogens with one attached hydrogen (secondary N) is 2. The molecule has 4 aliphatic rings. The molecule has 2 N–H and O–H groups in total. The third-order valence-electron chi connectivity index (χ3n) is 5.85. The summed E-state index contributed by atoms with van der Waals surface area (Å²) in [6, 6.07) is 7.78. The molecule has 0 aliphatic heterocycles. The highest BCUT2D eigenvalue weighted by molar-refractivity contribution is 9.10. The summed E-state index contributed by atoms with van der Waals surface area (Å²) >= 11 is 8.76. The fourth-order valence-electron chi connectivity index (χ4n) is 5.32. The number of halogens is 1. The average molecular weight is 393 g/mol. The molecule has 4 saturated carbocycles. The number of benzene rings is 1. The highest BCUT2D eigenvalue weighted by Gasteiger charge is 2.54. The second-order valence-electron chi connectivity index (χ2n) is 7.61. The minimum Gasteiger partial charge on any atom is -0.332 e. The van der Waals surface area contributed by atoms with Crippen LogP contribution in [0.5, 0.6) is 0 Å². The molecule has 0 saturated heterocycles. The van der Waals surface area contributed by atoms with E-state index in [-0.39, 0.29) is 11.3 Å². The normalized spacial score (nSPS) is 34.2. The molecule has 1 amide bonds. The lowest BCUT2D eigenvalue weighted by Gasteiger charge is -2.55. The molecule has 5 heteroatoms. The van der Waals surface area contributed by atoms with Crippen LogP contribution in [0.15, 0.2) is 28.7 Å². The maximum Gasteiger partial charge on any atom is 0.232 e. The van der Waals surface area contributed by atoms with E-state index in [1.165, 1.54) is 19.3 Å². The van der Waals surface area contributed by atoms with Crippen molar-refractivity contribution in [2.45, 2.75) is 38.5 Å². The second kappa shape index (κ2) is 5.85. The Morgan fingerprint density at radius 1 is 1.04 bits per heavy atom. The van der Waals surface area contributed by atoms with Gasteiger partial charge in [0, 0.05) is 10.2 Å². The van der Waals surface area contributed by atoms with E-state index in [1.807, 2.05) is 24.3 Å². The van der Waals surface area contributed by atoms with Crippen LogP contribution in [0.2, 0.25) is 0 Å². The lowest BCUT2D eigenvalue weighted by molar-refractivity contribution is -0.144. The third-order valence-corrected chi connectivity index (χ3v) is 6.58. The van der Waals surface area contributed by atoms with Crippen LogP contribution in [-0.4, -0.2) is 11.0 Å². The smallest absolute Gasteiger partial charge is 0.232 e. The molecule has 0 aromatic heterocycles. The maximum absolute atomic E-state index is 12.9. The summed E-state index contributed by atoms with van der Waals surface area (Å²) in [5, 5.41) is 6.49. The van der Waals surface area contributed by atoms with Crippen molar-refractivity contribution in [3.8, 4) is 0 Å². The fraction of sp³-hybridized carbons (Fsp3) is 0.556. The summed E-state index contributed by atoms with van der Waals surface area (Å²) in [5.74, 6) is 2.44. The van der Waals surface area contributed by atoms with E-state index >= 15 is 0 Å². The van der Waals surface area contributed by atoms with Crippen molar-refractivity contribution in [2.75, 3.05) is 5.32 Å². The molecule has 4 fully saturated rings. The van der Waals surface area contributed by atoms with Gasteiger partial charge in [0.05, 0.1) is 5.41 Å². The summed E-state index contributed by atoms with van der Waals surface area (Å²) < 4.78 is 1.02. The predicted molar refractivity (Wildman–Crippen MR) is 99.1 cm³/mol. The molecule has 4 aliphatic carbocycles. The van der Waals surface area contributed by atoms with Gasteiger partial charge in [-0.25, -0.2) is 0 Å². The molecule has 0 unspecified atom stereocenters. The van der Waals surface area contributed by atoms with Crippen molar-refractivity contribution in [1.82, 2.24) is 5.32 Å². The van der Waals surface area contributed by atoms with Gasteiger partial charge in [-0.05, 0) is 92.8 Å². The van der Waals surface area contributed by atoms with Crippen LogP contribution >= 0.6 is 28.1 Å². The van der Waals surface area contributed by atoms with E-state index in [0.29, 0.717) is 5.11 Å². The molecular weight excluding hydrogens is 372 g/mol. The molecule has 1 aromatic rings. The zero-order valence-corrected chi connectivity index (χ0v) is 15.4. The number of hydrogen-bond acceptors (Lipinski definition) is 2. The molecule has 4 bridgehead atoms. The summed E-state index contributed by atoms with van der Waals surface area (Å²) in [5.41, 5.74) is 0.740. The fourth-order valence-corrected chi connectivity index (χ4v) is 5.79. The Bertz CT molecular complexity index is 608. The maximum atomic E-state index is 12.9. The van der Waals surface area contributed by atoms with Gasteiger partial charge in [0.15, 0.2) is 5.11 Å². The quantitative estimate of drug-likeness (QED) is 0.728. The first-order valence-corrected chi connectivity index (χ1v) is 9.60. The first kappa shape index (κ1) is 15.6. The van der Waals surface area contributed by atoms with Crippen molar-refractivity contribution in [3.63, 3.8) is 0 Å². The standard InChI is InChI=1S/C18H21BrN2OS/c19-14-1-3-15(4-2-14)20-17(23)21-16(22)18-8-11-5-12(9-18)7-13(6-11)10-18/h1-4,11-13H,5-10H2,(H2,20,21,22,23). The molecule has 23 heavy (non-hydrogen) atoms. The van der Waals surface area contributed by atoms with Gasteiger partial charge >= 0.3 is 0 Å². The summed E-state index contributed by atoms with van der Waals surface area (Å²) in [6.07, 6.45) is 7.21. The Balaban J connectivity index is 1.41. The van der Waals surface area contributed by atoms with Crippen LogP contribution in [0.1, 0.15) is 38.5 Å². The number of anilines is 1. The monoisotopic (exact) mass is 392 g/mol.